The molecule has 2 amide bonds. The highest BCUT2D eigenvalue weighted by Crippen LogP contribution is 2.39. The molecule has 8 heteroatoms. The molecule has 0 bridgehead atoms. The monoisotopic (exact) mass is 453 g/mol. The van der Waals surface area contributed by atoms with Crippen LogP contribution in [0.1, 0.15) is 50.5 Å². The number of benzene rings is 1. The van der Waals surface area contributed by atoms with Crippen molar-refractivity contribution in [3.63, 3.8) is 0 Å². The Morgan fingerprint density at radius 2 is 1.82 bits per heavy atom. The lowest BCUT2D eigenvalue weighted by Crippen LogP contribution is -2.57. The Morgan fingerprint density at radius 1 is 1.09 bits per heavy atom. The maximum atomic E-state index is 14.1. The van der Waals surface area contributed by atoms with E-state index in [4.69, 9.17) is 4.99 Å². The summed E-state index contributed by atoms with van der Waals surface area (Å²) in [5.74, 6) is -0.732. The lowest BCUT2D eigenvalue weighted by atomic mass is 9.84. The smallest absolute Gasteiger partial charge is 0.299 e. The Kier molecular flexibility index (Phi) is 6.10. The molecule has 6 nitrogen and oxygen atoms in total. The number of halogens is 2. The highest BCUT2D eigenvalue weighted by atomic mass is 19.1. The van der Waals surface area contributed by atoms with Gasteiger partial charge in [-0.3, -0.25) is 25.1 Å². The van der Waals surface area contributed by atoms with Gasteiger partial charge >= 0.3 is 6.03 Å². The number of aliphatic imine (C=N–C) groups is 1. The van der Waals surface area contributed by atoms with Gasteiger partial charge in [0.25, 0.3) is 0 Å². The van der Waals surface area contributed by atoms with E-state index in [9.17, 15) is 13.6 Å². The topological polar surface area (TPSA) is 60.8 Å². The zero-order valence-electron chi connectivity index (χ0n) is 18.6. The van der Waals surface area contributed by atoms with Crippen molar-refractivity contribution in [1.82, 2.24) is 15.2 Å². The fourth-order valence-corrected chi connectivity index (χ4v) is 5.44. The van der Waals surface area contributed by atoms with E-state index in [0.717, 1.165) is 56.9 Å². The summed E-state index contributed by atoms with van der Waals surface area (Å²) < 4.78 is 28.2. The number of piperidine rings is 1. The van der Waals surface area contributed by atoms with Crippen LogP contribution in [-0.2, 0) is 6.54 Å². The zero-order valence-corrected chi connectivity index (χ0v) is 18.6. The number of carbonyl (C=O) groups is 1. The van der Waals surface area contributed by atoms with Crippen molar-refractivity contribution in [2.75, 3.05) is 18.0 Å². The second-order valence-electron chi connectivity index (χ2n) is 9.33. The van der Waals surface area contributed by atoms with Crippen LogP contribution in [0.25, 0.3) is 0 Å². The second-order valence-corrected chi connectivity index (χ2v) is 9.33. The van der Waals surface area contributed by atoms with Crippen LogP contribution in [0.4, 0.5) is 19.3 Å². The van der Waals surface area contributed by atoms with E-state index in [-0.39, 0.29) is 17.8 Å². The fraction of sp³-hybridized carbons (Fsp3) is 0.480. The summed E-state index contributed by atoms with van der Waals surface area (Å²) in [6.45, 7) is 2.25. The summed E-state index contributed by atoms with van der Waals surface area (Å²) in [6, 6.07) is 7.09. The van der Waals surface area contributed by atoms with Gasteiger partial charge < -0.3 is 0 Å². The number of rotatable bonds is 4. The number of hydrogen-bond acceptors (Lipinski definition) is 4. The van der Waals surface area contributed by atoms with E-state index in [2.05, 4.69) is 21.3 Å². The summed E-state index contributed by atoms with van der Waals surface area (Å²) >= 11 is 0. The quantitative estimate of drug-likeness (QED) is 0.733. The van der Waals surface area contributed by atoms with Crippen molar-refractivity contribution in [3.05, 3.63) is 59.9 Å². The minimum absolute atomic E-state index is 0.184. The lowest BCUT2D eigenvalue weighted by molar-refractivity contribution is 0.184. The van der Waals surface area contributed by atoms with Crippen LogP contribution < -0.4 is 10.2 Å². The van der Waals surface area contributed by atoms with E-state index in [0.29, 0.717) is 18.7 Å². The third-order valence-electron chi connectivity index (χ3n) is 7.10. The normalized spacial score (nSPS) is 22.8. The number of nitrogens with zero attached hydrogens (tertiary/aromatic N) is 4. The Labute approximate surface area is 192 Å². The largest absolute Gasteiger partial charge is 0.328 e. The number of urea groups is 1. The van der Waals surface area contributed by atoms with E-state index < -0.39 is 17.2 Å². The predicted molar refractivity (Wildman–Crippen MR) is 123 cm³/mol. The van der Waals surface area contributed by atoms with Crippen molar-refractivity contribution < 1.29 is 13.6 Å². The van der Waals surface area contributed by atoms with Crippen LogP contribution in [0, 0.1) is 11.6 Å². The molecule has 2 aromatic rings. The first-order valence-corrected chi connectivity index (χ1v) is 11.8. The van der Waals surface area contributed by atoms with Crippen LogP contribution in [0.3, 0.4) is 0 Å². The molecule has 174 valence electrons. The van der Waals surface area contributed by atoms with Crippen LogP contribution >= 0.6 is 0 Å². The van der Waals surface area contributed by atoms with Gasteiger partial charge in [-0.25, -0.2) is 13.6 Å². The minimum Gasteiger partial charge on any atom is -0.299 e. The van der Waals surface area contributed by atoms with E-state index in [1.54, 1.807) is 11.1 Å². The SMILES string of the molecule is O=C1NC(=NC2CCCCC2)C2(CCN(Cc3cccnc3)CC2)N1c1cc(F)cc(F)c1. The highest BCUT2D eigenvalue weighted by molar-refractivity contribution is 6.19. The van der Waals surface area contributed by atoms with Gasteiger partial charge in [0.1, 0.15) is 23.0 Å². The van der Waals surface area contributed by atoms with Crippen molar-refractivity contribution in [3.8, 4) is 0 Å². The molecular formula is C25H29F2N5O. The maximum Gasteiger partial charge on any atom is 0.328 e. The lowest BCUT2D eigenvalue weighted by Gasteiger charge is -2.43. The summed E-state index contributed by atoms with van der Waals surface area (Å²) in [4.78, 5) is 26.2. The number of hydrogen-bond donors (Lipinski definition) is 1. The zero-order chi connectivity index (χ0) is 22.8. The number of likely N-dealkylation sites (tertiary alicyclic amines) is 1. The molecule has 1 N–H and O–H groups in total. The van der Waals surface area contributed by atoms with Crippen molar-refractivity contribution in [2.24, 2.45) is 4.99 Å². The minimum atomic E-state index is -0.722. The molecule has 0 unspecified atom stereocenters. The fourth-order valence-electron chi connectivity index (χ4n) is 5.44. The summed E-state index contributed by atoms with van der Waals surface area (Å²) in [7, 11) is 0. The van der Waals surface area contributed by atoms with Gasteiger partial charge in [-0.15, -0.1) is 0 Å². The molecule has 1 saturated carbocycles. The van der Waals surface area contributed by atoms with Gasteiger partial charge in [0.15, 0.2) is 0 Å². The molecule has 1 aliphatic carbocycles. The molecule has 0 atom stereocenters. The molecule has 2 aliphatic heterocycles. The Bertz CT molecular complexity index is 1010. The maximum absolute atomic E-state index is 14.1. The van der Waals surface area contributed by atoms with E-state index in [1.807, 2.05) is 12.3 Å². The average Bonchev–Trinajstić information content (AvgIpc) is 3.06. The van der Waals surface area contributed by atoms with Gasteiger partial charge in [0.2, 0.25) is 0 Å². The first-order chi connectivity index (χ1) is 16.0. The van der Waals surface area contributed by atoms with Crippen LogP contribution in [0.15, 0.2) is 47.7 Å². The van der Waals surface area contributed by atoms with Gasteiger partial charge in [0, 0.05) is 38.1 Å². The molecule has 3 fully saturated rings. The Balaban J connectivity index is 1.46. The van der Waals surface area contributed by atoms with Crippen LogP contribution in [-0.4, -0.2) is 46.4 Å². The number of amides is 2. The standard InChI is InChI=1S/C25H29F2N5O/c26-19-13-20(27)15-22(14-19)32-24(33)30-23(29-21-6-2-1-3-7-21)25(32)8-11-31(12-9-25)17-18-5-4-10-28-16-18/h4-5,10,13-16,21H,1-3,6-9,11-12,17H2,(H,29,30,33). The molecule has 2 saturated heterocycles. The van der Waals surface area contributed by atoms with Gasteiger partial charge in [-0.2, -0.15) is 0 Å². The highest BCUT2D eigenvalue weighted by Gasteiger charge is 2.53. The predicted octanol–water partition coefficient (Wildman–Crippen LogP) is 4.66. The van der Waals surface area contributed by atoms with E-state index >= 15 is 0 Å². The second kappa shape index (κ2) is 9.17. The number of anilines is 1. The molecule has 1 spiro atoms. The molecule has 3 heterocycles. The summed E-state index contributed by atoms with van der Waals surface area (Å²) in [5, 5.41) is 2.98. The first kappa shape index (κ1) is 21.9. The Hall–Kier alpha value is -2.87. The molecular weight excluding hydrogens is 424 g/mol. The number of carbonyl (C=O) groups excluding carboxylic acids is 1. The van der Waals surface area contributed by atoms with Gasteiger partial charge in [-0.1, -0.05) is 25.3 Å². The van der Waals surface area contributed by atoms with E-state index in [1.165, 1.54) is 18.6 Å². The number of nitrogens with one attached hydrogen (secondary N) is 1. The van der Waals surface area contributed by atoms with Crippen molar-refractivity contribution in [1.29, 1.82) is 0 Å². The average molecular weight is 454 g/mol. The number of aromatic nitrogens is 1. The first-order valence-electron chi connectivity index (χ1n) is 11.8. The molecule has 1 aromatic carbocycles. The molecule has 0 radical (unpaired) electrons. The molecule has 3 aliphatic rings. The van der Waals surface area contributed by atoms with Crippen LogP contribution in [0.5, 0.6) is 0 Å². The molecule has 5 rings (SSSR count). The number of pyridine rings is 1. The van der Waals surface area contributed by atoms with Crippen molar-refractivity contribution in [2.45, 2.75) is 63.1 Å². The Morgan fingerprint density at radius 3 is 2.48 bits per heavy atom. The third-order valence-corrected chi connectivity index (χ3v) is 7.10. The van der Waals surface area contributed by atoms with Crippen LogP contribution in [0.2, 0.25) is 0 Å². The van der Waals surface area contributed by atoms with Crippen molar-refractivity contribution >= 4 is 17.6 Å². The molecule has 33 heavy (non-hydrogen) atoms. The molecule has 1 aromatic heterocycles. The summed E-state index contributed by atoms with van der Waals surface area (Å²) in [5.41, 5.74) is 0.647. The van der Waals surface area contributed by atoms with Gasteiger partial charge in [-0.05, 0) is 49.4 Å². The number of amidine groups is 1. The van der Waals surface area contributed by atoms with Gasteiger partial charge in [0.05, 0.1) is 11.7 Å². The summed E-state index contributed by atoms with van der Waals surface area (Å²) in [6.07, 6.45) is 10.4. The third kappa shape index (κ3) is 4.49.